The number of thioether (sulfide) groups is 1. The van der Waals surface area contributed by atoms with E-state index in [9.17, 15) is 0 Å². The van der Waals surface area contributed by atoms with E-state index in [-0.39, 0.29) is 0 Å². The third kappa shape index (κ3) is 4.53. The van der Waals surface area contributed by atoms with Crippen LogP contribution in [0, 0.1) is 13.8 Å². The fourth-order valence-electron chi connectivity index (χ4n) is 3.08. The summed E-state index contributed by atoms with van der Waals surface area (Å²) in [5, 5.41) is 4.47. The smallest absolute Gasteiger partial charge is 0.0248 e. The number of hydrogen-bond acceptors (Lipinski definition) is 2. The van der Waals surface area contributed by atoms with E-state index in [1.807, 2.05) is 0 Å². The van der Waals surface area contributed by atoms with Crippen LogP contribution in [0.5, 0.6) is 0 Å². The molecular formula is C18H29NS. The predicted octanol–water partition coefficient (Wildman–Crippen LogP) is 5.10. The Morgan fingerprint density at radius 1 is 1.10 bits per heavy atom. The van der Waals surface area contributed by atoms with Gasteiger partial charge in [0.05, 0.1) is 0 Å². The predicted molar refractivity (Wildman–Crippen MR) is 90.7 cm³/mol. The largest absolute Gasteiger partial charge is 0.313 e. The number of nitrogens with one attached hydrogen (secondary N) is 1. The molecule has 0 aromatic heterocycles. The SMILES string of the molecule is CCNC1CCCCCCC1Sc1cc(C)ccc1C. The van der Waals surface area contributed by atoms with Gasteiger partial charge in [-0.25, -0.2) is 0 Å². The first-order valence-corrected chi connectivity index (χ1v) is 9.06. The molecule has 1 aromatic rings. The number of rotatable bonds is 4. The molecule has 2 rings (SSSR count). The van der Waals surface area contributed by atoms with Crippen LogP contribution in [0.25, 0.3) is 0 Å². The molecule has 0 spiro atoms. The maximum absolute atomic E-state index is 3.74. The second-order valence-corrected chi connectivity index (χ2v) is 7.36. The molecule has 1 aliphatic carbocycles. The van der Waals surface area contributed by atoms with Gasteiger partial charge in [-0.3, -0.25) is 0 Å². The highest BCUT2D eigenvalue weighted by atomic mass is 32.2. The summed E-state index contributed by atoms with van der Waals surface area (Å²) in [6.45, 7) is 7.77. The highest BCUT2D eigenvalue weighted by molar-refractivity contribution is 8.00. The molecule has 0 saturated heterocycles. The Hall–Kier alpha value is -0.470. The van der Waals surface area contributed by atoms with E-state index in [1.54, 1.807) is 0 Å². The highest BCUT2D eigenvalue weighted by Crippen LogP contribution is 2.34. The minimum Gasteiger partial charge on any atom is -0.313 e. The Morgan fingerprint density at radius 2 is 1.85 bits per heavy atom. The molecule has 0 amide bonds. The van der Waals surface area contributed by atoms with Crippen molar-refractivity contribution in [1.82, 2.24) is 5.32 Å². The Bertz CT molecular complexity index is 416. The zero-order valence-electron chi connectivity index (χ0n) is 13.2. The summed E-state index contributed by atoms with van der Waals surface area (Å²) in [6.07, 6.45) is 8.32. The maximum atomic E-state index is 3.74. The lowest BCUT2D eigenvalue weighted by Crippen LogP contribution is -2.38. The molecule has 0 bridgehead atoms. The van der Waals surface area contributed by atoms with Crippen molar-refractivity contribution in [3.63, 3.8) is 0 Å². The molecule has 1 N–H and O–H groups in total. The fourth-order valence-corrected chi connectivity index (χ4v) is 4.60. The first-order chi connectivity index (χ1) is 9.70. The van der Waals surface area contributed by atoms with Crippen LogP contribution in [0.1, 0.15) is 56.6 Å². The molecule has 112 valence electrons. The van der Waals surface area contributed by atoms with Gasteiger partial charge in [-0.2, -0.15) is 0 Å². The van der Waals surface area contributed by atoms with E-state index in [4.69, 9.17) is 0 Å². The molecule has 1 saturated carbocycles. The summed E-state index contributed by atoms with van der Waals surface area (Å²) >= 11 is 2.11. The normalized spacial score (nSPS) is 24.1. The van der Waals surface area contributed by atoms with Crippen molar-refractivity contribution in [2.45, 2.75) is 75.5 Å². The summed E-state index contributed by atoms with van der Waals surface area (Å²) in [5.74, 6) is 0. The van der Waals surface area contributed by atoms with Gasteiger partial charge in [-0.1, -0.05) is 50.3 Å². The number of benzene rings is 1. The van der Waals surface area contributed by atoms with Gasteiger partial charge < -0.3 is 5.32 Å². The summed E-state index contributed by atoms with van der Waals surface area (Å²) in [7, 11) is 0. The molecule has 0 radical (unpaired) electrons. The van der Waals surface area contributed by atoms with Crippen molar-refractivity contribution in [1.29, 1.82) is 0 Å². The van der Waals surface area contributed by atoms with Gasteiger partial charge in [-0.05, 0) is 44.9 Å². The van der Waals surface area contributed by atoms with Crippen LogP contribution in [-0.2, 0) is 0 Å². The van der Waals surface area contributed by atoms with Gasteiger partial charge in [0, 0.05) is 16.2 Å². The van der Waals surface area contributed by atoms with Gasteiger partial charge in [0.25, 0.3) is 0 Å². The van der Waals surface area contributed by atoms with E-state index < -0.39 is 0 Å². The minimum atomic E-state index is 0.685. The topological polar surface area (TPSA) is 12.0 Å². The zero-order valence-corrected chi connectivity index (χ0v) is 14.1. The average molecular weight is 292 g/mol. The van der Waals surface area contributed by atoms with Crippen molar-refractivity contribution < 1.29 is 0 Å². The quantitative estimate of drug-likeness (QED) is 0.828. The lowest BCUT2D eigenvalue weighted by Gasteiger charge is -2.30. The summed E-state index contributed by atoms with van der Waals surface area (Å²) in [5.41, 5.74) is 2.81. The molecule has 1 nitrogen and oxygen atoms in total. The van der Waals surface area contributed by atoms with Crippen LogP contribution < -0.4 is 5.32 Å². The molecule has 2 unspecified atom stereocenters. The first kappa shape index (κ1) is 15.9. The Morgan fingerprint density at radius 3 is 2.60 bits per heavy atom. The molecule has 1 aromatic carbocycles. The van der Waals surface area contributed by atoms with E-state index in [2.05, 4.69) is 56.0 Å². The van der Waals surface area contributed by atoms with Gasteiger partial charge >= 0.3 is 0 Å². The van der Waals surface area contributed by atoms with Crippen LogP contribution >= 0.6 is 11.8 Å². The van der Waals surface area contributed by atoms with Crippen LogP contribution in [0.2, 0.25) is 0 Å². The first-order valence-electron chi connectivity index (χ1n) is 8.18. The highest BCUT2D eigenvalue weighted by Gasteiger charge is 2.23. The standard InChI is InChI=1S/C18H29NS/c1-4-19-16-9-7-5-6-8-10-17(16)20-18-13-14(2)11-12-15(18)3/h11-13,16-17,19H,4-10H2,1-3H3. The molecular weight excluding hydrogens is 262 g/mol. The fraction of sp³-hybridized carbons (Fsp3) is 0.667. The van der Waals surface area contributed by atoms with E-state index in [0.29, 0.717) is 6.04 Å². The van der Waals surface area contributed by atoms with Gasteiger partial charge in [0.2, 0.25) is 0 Å². The van der Waals surface area contributed by atoms with Gasteiger partial charge in [-0.15, -0.1) is 11.8 Å². The third-order valence-corrected chi connectivity index (χ3v) is 5.85. The van der Waals surface area contributed by atoms with Crippen molar-refractivity contribution in [3.8, 4) is 0 Å². The van der Waals surface area contributed by atoms with Crippen molar-refractivity contribution in [3.05, 3.63) is 29.3 Å². The Labute approximate surface area is 128 Å². The average Bonchev–Trinajstić information content (AvgIpc) is 2.41. The van der Waals surface area contributed by atoms with Crippen molar-refractivity contribution in [2.24, 2.45) is 0 Å². The molecule has 0 heterocycles. The third-order valence-electron chi connectivity index (χ3n) is 4.29. The minimum absolute atomic E-state index is 0.685. The van der Waals surface area contributed by atoms with E-state index >= 15 is 0 Å². The van der Waals surface area contributed by atoms with E-state index in [1.165, 1.54) is 54.5 Å². The number of hydrogen-bond donors (Lipinski definition) is 1. The second kappa shape index (κ2) is 8.09. The molecule has 0 aliphatic heterocycles. The zero-order chi connectivity index (χ0) is 14.4. The van der Waals surface area contributed by atoms with Crippen LogP contribution in [0.15, 0.2) is 23.1 Å². The Balaban J connectivity index is 2.10. The monoisotopic (exact) mass is 291 g/mol. The lowest BCUT2D eigenvalue weighted by atomic mass is 9.96. The van der Waals surface area contributed by atoms with Crippen molar-refractivity contribution in [2.75, 3.05) is 6.54 Å². The second-order valence-electron chi connectivity index (χ2n) is 6.08. The molecule has 1 fully saturated rings. The Kier molecular flexibility index (Phi) is 6.44. The van der Waals surface area contributed by atoms with Crippen LogP contribution in [-0.4, -0.2) is 17.8 Å². The summed E-state index contributed by atoms with van der Waals surface area (Å²) in [6, 6.07) is 7.54. The van der Waals surface area contributed by atoms with Crippen LogP contribution in [0.3, 0.4) is 0 Å². The number of aryl methyl sites for hydroxylation is 2. The lowest BCUT2D eigenvalue weighted by molar-refractivity contribution is 0.406. The molecule has 2 atom stereocenters. The van der Waals surface area contributed by atoms with Crippen LogP contribution in [0.4, 0.5) is 0 Å². The molecule has 20 heavy (non-hydrogen) atoms. The van der Waals surface area contributed by atoms with Crippen molar-refractivity contribution >= 4 is 11.8 Å². The summed E-state index contributed by atoms with van der Waals surface area (Å²) < 4.78 is 0. The maximum Gasteiger partial charge on any atom is 0.0248 e. The molecule has 2 heteroatoms. The summed E-state index contributed by atoms with van der Waals surface area (Å²) in [4.78, 5) is 1.48. The van der Waals surface area contributed by atoms with Gasteiger partial charge in [0.15, 0.2) is 0 Å². The molecule has 1 aliphatic rings. The van der Waals surface area contributed by atoms with Gasteiger partial charge in [0.1, 0.15) is 0 Å². The van der Waals surface area contributed by atoms with E-state index in [0.717, 1.165) is 11.8 Å².